The van der Waals surface area contributed by atoms with Crippen molar-refractivity contribution in [3.63, 3.8) is 0 Å². The van der Waals surface area contributed by atoms with Crippen LogP contribution in [-0.2, 0) is 11.3 Å². The molecular weight excluding hydrogens is 368 g/mol. The van der Waals surface area contributed by atoms with Crippen LogP contribution in [0.5, 0.6) is 5.75 Å². The van der Waals surface area contributed by atoms with Gasteiger partial charge in [0.15, 0.2) is 0 Å². The fraction of sp³-hybridized carbons (Fsp3) is 0.158. The molecule has 0 radical (unpaired) electrons. The predicted octanol–water partition coefficient (Wildman–Crippen LogP) is 4.15. The van der Waals surface area contributed by atoms with Gasteiger partial charge in [0.25, 0.3) is 16.8 Å². The van der Waals surface area contributed by atoms with Crippen LogP contribution in [0.3, 0.4) is 0 Å². The number of aromatic hydroxyl groups is 1. The Morgan fingerprint density at radius 3 is 2.30 bits per heavy atom. The molecule has 1 aliphatic rings. The van der Waals surface area contributed by atoms with E-state index in [0.29, 0.717) is 21.6 Å². The molecule has 1 aliphatic heterocycles. The second kappa shape index (κ2) is 7.24. The fourth-order valence-electron chi connectivity index (χ4n) is 2.77. The number of carbonyl (C=O) groups is 2. The second-order valence-electron chi connectivity index (χ2n) is 6.19. The number of benzene rings is 2. The van der Waals surface area contributed by atoms with Gasteiger partial charge in [-0.2, -0.15) is 0 Å². The molecule has 8 heteroatoms. The number of phenolic OH excluding ortho intramolecular Hbond substituents is 1. The quantitative estimate of drug-likeness (QED) is 0.483. The van der Waals surface area contributed by atoms with E-state index in [9.17, 15) is 24.8 Å². The summed E-state index contributed by atoms with van der Waals surface area (Å²) >= 11 is 0.848. The summed E-state index contributed by atoms with van der Waals surface area (Å²) in [4.78, 5) is 36.4. The molecule has 1 fully saturated rings. The molecule has 0 spiro atoms. The number of nitrogens with zero attached hydrogens (tertiary/aromatic N) is 2. The Morgan fingerprint density at radius 2 is 1.74 bits per heavy atom. The summed E-state index contributed by atoms with van der Waals surface area (Å²) in [6.45, 7) is 3.58. The van der Waals surface area contributed by atoms with Gasteiger partial charge in [-0.15, -0.1) is 0 Å². The standard InChI is InChI=1S/C19H16N2O5S/c1-11-7-14(8-12(2)17(11)22)9-16-18(23)20(19(24)27-16)10-13-3-5-15(6-4-13)21(25)26/h3-9,22H,10H2,1-2H3. The summed E-state index contributed by atoms with van der Waals surface area (Å²) in [6.07, 6.45) is 1.63. The number of carbonyl (C=O) groups excluding carboxylic acids is 2. The molecule has 0 bridgehead atoms. The summed E-state index contributed by atoms with van der Waals surface area (Å²) in [7, 11) is 0. The topological polar surface area (TPSA) is 101 Å². The van der Waals surface area contributed by atoms with Crippen LogP contribution in [0.15, 0.2) is 41.3 Å². The molecule has 0 aliphatic carbocycles. The molecule has 2 amide bonds. The monoisotopic (exact) mass is 384 g/mol. The molecule has 0 unspecified atom stereocenters. The van der Waals surface area contributed by atoms with Gasteiger partial charge in [-0.25, -0.2) is 0 Å². The van der Waals surface area contributed by atoms with E-state index in [1.807, 2.05) is 0 Å². The number of amides is 2. The highest BCUT2D eigenvalue weighted by Crippen LogP contribution is 2.34. The molecule has 0 aromatic heterocycles. The number of non-ortho nitro benzene ring substituents is 1. The number of nitro benzene ring substituents is 1. The van der Waals surface area contributed by atoms with E-state index < -0.39 is 16.1 Å². The highest BCUT2D eigenvalue weighted by Gasteiger charge is 2.35. The number of rotatable bonds is 4. The van der Waals surface area contributed by atoms with Gasteiger partial charge in [-0.3, -0.25) is 24.6 Å². The van der Waals surface area contributed by atoms with Crippen LogP contribution in [0.1, 0.15) is 22.3 Å². The SMILES string of the molecule is Cc1cc(C=C2SC(=O)N(Cc3ccc([N+](=O)[O-])cc3)C2=O)cc(C)c1O. The summed E-state index contributed by atoms with van der Waals surface area (Å²) in [6, 6.07) is 9.22. The van der Waals surface area contributed by atoms with E-state index in [1.165, 1.54) is 24.3 Å². The van der Waals surface area contributed by atoms with Gasteiger partial charge in [0.2, 0.25) is 0 Å². The van der Waals surface area contributed by atoms with Gasteiger partial charge in [0, 0.05) is 12.1 Å². The number of thioether (sulfide) groups is 1. The Hall–Kier alpha value is -3.13. The van der Waals surface area contributed by atoms with E-state index in [2.05, 4.69) is 0 Å². The summed E-state index contributed by atoms with van der Waals surface area (Å²) < 4.78 is 0. The van der Waals surface area contributed by atoms with Gasteiger partial charge in [-0.05, 0) is 66.1 Å². The lowest BCUT2D eigenvalue weighted by Crippen LogP contribution is -2.27. The normalized spacial score (nSPS) is 15.6. The van der Waals surface area contributed by atoms with Crippen LogP contribution < -0.4 is 0 Å². The molecule has 2 aromatic carbocycles. The van der Waals surface area contributed by atoms with Gasteiger partial charge < -0.3 is 5.11 Å². The highest BCUT2D eigenvalue weighted by molar-refractivity contribution is 8.18. The van der Waals surface area contributed by atoms with Crippen molar-refractivity contribution in [2.24, 2.45) is 0 Å². The molecule has 138 valence electrons. The zero-order chi connectivity index (χ0) is 19.7. The maximum Gasteiger partial charge on any atom is 0.293 e. The smallest absolute Gasteiger partial charge is 0.293 e. The first kappa shape index (κ1) is 18.7. The van der Waals surface area contributed by atoms with Crippen molar-refractivity contribution in [1.29, 1.82) is 0 Å². The molecular formula is C19H16N2O5S. The lowest BCUT2D eigenvalue weighted by Gasteiger charge is -2.12. The largest absolute Gasteiger partial charge is 0.507 e. The zero-order valence-electron chi connectivity index (χ0n) is 14.6. The number of aryl methyl sites for hydroxylation is 2. The highest BCUT2D eigenvalue weighted by atomic mass is 32.2. The Kier molecular flexibility index (Phi) is 5.00. The molecule has 0 saturated carbocycles. The Labute approximate surface area is 159 Å². The predicted molar refractivity (Wildman–Crippen MR) is 102 cm³/mol. The van der Waals surface area contributed by atoms with Gasteiger partial charge in [0.1, 0.15) is 5.75 Å². The Morgan fingerprint density at radius 1 is 1.15 bits per heavy atom. The number of phenols is 1. The van der Waals surface area contributed by atoms with Crippen molar-refractivity contribution in [3.8, 4) is 5.75 Å². The van der Waals surface area contributed by atoms with Gasteiger partial charge in [-0.1, -0.05) is 12.1 Å². The molecule has 1 saturated heterocycles. The molecule has 27 heavy (non-hydrogen) atoms. The first-order valence-corrected chi connectivity index (χ1v) is 8.87. The average Bonchev–Trinajstić information content (AvgIpc) is 2.87. The Balaban J connectivity index is 1.81. The van der Waals surface area contributed by atoms with Crippen LogP contribution in [0.25, 0.3) is 6.08 Å². The first-order chi connectivity index (χ1) is 12.8. The third kappa shape index (κ3) is 3.85. The minimum Gasteiger partial charge on any atom is -0.507 e. The van der Waals surface area contributed by atoms with Crippen molar-refractivity contribution in [2.45, 2.75) is 20.4 Å². The van der Waals surface area contributed by atoms with E-state index in [1.54, 1.807) is 32.1 Å². The molecule has 7 nitrogen and oxygen atoms in total. The van der Waals surface area contributed by atoms with Crippen LogP contribution in [-0.4, -0.2) is 26.1 Å². The summed E-state index contributed by atoms with van der Waals surface area (Å²) in [5, 5.41) is 20.2. The minimum absolute atomic E-state index is 0.0492. The van der Waals surface area contributed by atoms with Crippen LogP contribution in [0.2, 0.25) is 0 Å². The fourth-order valence-corrected chi connectivity index (χ4v) is 3.60. The van der Waals surface area contributed by atoms with Crippen LogP contribution >= 0.6 is 11.8 Å². The van der Waals surface area contributed by atoms with E-state index in [4.69, 9.17) is 0 Å². The maximum absolute atomic E-state index is 12.6. The van der Waals surface area contributed by atoms with Crippen LogP contribution in [0, 0.1) is 24.0 Å². The second-order valence-corrected chi connectivity index (χ2v) is 7.19. The first-order valence-electron chi connectivity index (χ1n) is 8.05. The average molecular weight is 384 g/mol. The van der Waals surface area contributed by atoms with Crippen molar-refractivity contribution >= 4 is 34.7 Å². The van der Waals surface area contributed by atoms with E-state index >= 15 is 0 Å². The summed E-state index contributed by atoms with van der Waals surface area (Å²) in [5.74, 6) is -0.204. The molecule has 0 atom stereocenters. The Bertz CT molecular complexity index is 959. The number of nitro groups is 1. The van der Waals surface area contributed by atoms with Crippen molar-refractivity contribution in [2.75, 3.05) is 0 Å². The van der Waals surface area contributed by atoms with Crippen molar-refractivity contribution in [3.05, 3.63) is 73.7 Å². The zero-order valence-corrected chi connectivity index (χ0v) is 15.4. The van der Waals surface area contributed by atoms with Crippen molar-refractivity contribution in [1.82, 2.24) is 4.90 Å². The maximum atomic E-state index is 12.6. The third-order valence-corrected chi connectivity index (χ3v) is 5.08. The third-order valence-electron chi connectivity index (χ3n) is 4.17. The molecule has 3 rings (SSSR count). The van der Waals surface area contributed by atoms with Gasteiger partial charge >= 0.3 is 0 Å². The molecule has 1 heterocycles. The molecule has 2 aromatic rings. The molecule has 1 N–H and O–H groups in total. The van der Waals surface area contributed by atoms with E-state index in [0.717, 1.165) is 22.2 Å². The number of hydrogen-bond acceptors (Lipinski definition) is 6. The summed E-state index contributed by atoms with van der Waals surface area (Å²) in [5.41, 5.74) is 2.67. The number of imide groups is 1. The minimum atomic E-state index is -0.506. The number of hydrogen-bond donors (Lipinski definition) is 1. The van der Waals surface area contributed by atoms with Crippen LogP contribution in [0.4, 0.5) is 10.5 Å². The van der Waals surface area contributed by atoms with E-state index in [-0.39, 0.29) is 18.0 Å². The van der Waals surface area contributed by atoms with Crippen molar-refractivity contribution < 1.29 is 19.6 Å². The lowest BCUT2D eigenvalue weighted by atomic mass is 10.1. The lowest BCUT2D eigenvalue weighted by molar-refractivity contribution is -0.384. The van der Waals surface area contributed by atoms with Gasteiger partial charge in [0.05, 0.1) is 16.4 Å².